The number of rotatable bonds is 3. The predicted octanol–water partition coefficient (Wildman–Crippen LogP) is 3.33. The topological polar surface area (TPSA) is 50.4 Å². The molecule has 122 valence electrons. The van der Waals surface area contributed by atoms with Gasteiger partial charge in [0, 0.05) is 24.3 Å². The maximum absolute atomic E-state index is 12.2. The molecule has 1 fully saturated rings. The molecule has 1 saturated heterocycles. The van der Waals surface area contributed by atoms with Crippen LogP contribution in [0.3, 0.4) is 0 Å². The van der Waals surface area contributed by atoms with Crippen molar-refractivity contribution in [1.29, 1.82) is 0 Å². The van der Waals surface area contributed by atoms with E-state index in [-0.39, 0.29) is 24.4 Å². The molecule has 2 N–H and O–H groups in total. The molecule has 1 atom stereocenters. The third-order valence-corrected chi connectivity index (χ3v) is 3.78. The summed E-state index contributed by atoms with van der Waals surface area (Å²) in [6.07, 6.45) is 0.0931. The minimum Gasteiger partial charge on any atom is -0.371 e. The van der Waals surface area contributed by atoms with E-state index in [1.165, 1.54) is 0 Å². The molecule has 0 bridgehead atoms. The number of nitrogens with one attached hydrogen (secondary N) is 2. The molecule has 4 nitrogen and oxygen atoms in total. The van der Waals surface area contributed by atoms with Crippen LogP contribution in [0.2, 0.25) is 0 Å². The zero-order chi connectivity index (χ0) is 15.4. The lowest BCUT2D eigenvalue weighted by atomic mass is 10.1. The first-order valence-electron chi connectivity index (χ1n) is 7.53. The number of anilines is 1. The van der Waals surface area contributed by atoms with Crippen LogP contribution in [0.1, 0.15) is 27.6 Å². The Balaban J connectivity index is 0.00000192. The molecule has 1 heterocycles. The van der Waals surface area contributed by atoms with Crippen LogP contribution in [0, 0.1) is 6.92 Å². The van der Waals surface area contributed by atoms with Crippen LogP contribution in [0.4, 0.5) is 5.69 Å². The molecule has 1 aliphatic heterocycles. The third-order valence-electron chi connectivity index (χ3n) is 3.78. The lowest BCUT2D eigenvalue weighted by molar-refractivity contribution is 0.0277. The Morgan fingerprint density at radius 1 is 1.13 bits per heavy atom. The van der Waals surface area contributed by atoms with Crippen molar-refractivity contribution in [3.63, 3.8) is 0 Å². The lowest BCUT2D eigenvalue weighted by Crippen LogP contribution is -2.33. The molecule has 1 amide bonds. The van der Waals surface area contributed by atoms with Crippen molar-refractivity contribution in [3.8, 4) is 0 Å². The fraction of sp³-hybridized carbons (Fsp3) is 0.278. The maximum atomic E-state index is 12.2. The second-order valence-corrected chi connectivity index (χ2v) is 5.51. The molecule has 1 unspecified atom stereocenters. The molecular weight excluding hydrogens is 312 g/mol. The molecule has 0 aliphatic carbocycles. The molecule has 0 spiro atoms. The summed E-state index contributed by atoms with van der Waals surface area (Å²) in [4.78, 5) is 12.2. The Hall–Kier alpha value is -1.88. The summed E-state index contributed by atoms with van der Waals surface area (Å²) in [6, 6.07) is 15.4. The Bertz CT molecular complexity index is 635. The van der Waals surface area contributed by atoms with Gasteiger partial charge < -0.3 is 15.4 Å². The summed E-state index contributed by atoms with van der Waals surface area (Å²) >= 11 is 0. The minimum atomic E-state index is -0.0941. The van der Waals surface area contributed by atoms with Gasteiger partial charge in [-0.15, -0.1) is 12.4 Å². The molecule has 3 rings (SSSR count). The van der Waals surface area contributed by atoms with Gasteiger partial charge in [-0.3, -0.25) is 4.79 Å². The largest absolute Gasteiger partial charge is 0.371 e. The van der Waals surface area contributed by atoms with E-state index < -0.39 is 0 Å². The molecule has 23 heavy (non-hydrogen) atoms. The van der Waals surface area contributed by atoms with Gasteiger partial charge in [-0.2, -0.15) is 0 Å². The Labute approximate surface area is 142 Å². The van der Waals surface area contributed by atoms with E-state index >= 15 is 0 Å². The van der Waals surface area contributed by atoms with Gasteiger partial charge in [0.2, 0.25) is 0 Å². The average Bonchev–Trinajstić information content (AvgIpc) is 2.57. The third kappa shape index (κ3) is 4.55. The molecule has 2 aromatic carbocycles. The van der Waals surface area contributed by atoms with Crippen LogP contribution < -0.4 is 10.6 Å². The summed E-state index contributed by atoms with van der Waals surface area (Å²) in [7, 11) is 0. The van der Waals surface area contributed by atoms with Crippen LogP contribution in [0.5, 0.6) is 0 Å². The minimum absolute atomic E-state index is 0. The summed E-state index contributed by atoms with van der Waals surface area (Å²) in [5.41, 5.74) is 3.72. The van der Waals surface area contributed by atoms with Crippen LogP contribution >= 0.6 is 12.4 Å². The Kier molecular flexibility index (Phi) is 6.16. The second kappa shape index (κ2) is 8.11. The number of carbonyl (C=O) groups is 1. The van der Waals surface area contributed by atoms with Crippen molar-refractivity contribution in [2.24, 2.45) is 0 Å². The molecule has 0 saturated carbocycles. The predicted molar refractivity (Wildman–Crippen MR) is 94.4 cm³/mol. The van der Waals surface area contributed by atoms with E-state index in [0.29, 0.717) is 5.56 Å². The summed E-state index contributed by atoms with van der Waals surface area (Å²) in [5.74, 6) is -0.0941. The van der Waals surface area contributed by atoms with Gasteiger partial charge in [0.25, 0.3) is 5.91 Å². The molecule has 1 aliphatic rings. The highest BCUT2D eigenvalue weighted by Crippen LogP contribution is 2.21. The number of hydrogen-bond acceptors (Lipinski definition) is 3. The Morgan fingerprint density at radius 3 is 2.43 bits per heavy atom. The number of halogens is 1. The van der Waals surface area contributed by atoms with Gasteiger partial charge in [0.05, 0.1) is 12.7 Å². The van der Waals surface area contributed by atoms with E-state index in [1.807, 2.05) is 55.5 Å². The van der Waals surface area contributed by atoms with Crippen molar-refractivity contribution >= 4 is 24.0 Å². The van der Waals surface area contributed by atoms with Gasteiger partial charge in [-0.25, -0.2) is 0 Å². The Morgan fingerprint density at radius 2 is 1.83 bits per heavy atom. The number of ether oxygens (including phenoxy) is 1. The van der Waals surface area contributed by atoms with Crippen molar-refractivity contribution < 1.29 is 9.53 Å². The normalized spacial score (nSPS) is 17.2. The van der Waals surface area contributed by atoms with E-state index in [0.717, 1.165) is 36.5 Å². The number of hydrogen-bond donors (Lipinski definition) is 2. The molecule has 0 radical (unpaired) electrons. The van der Waals surface area contributed by atoms with Crippen LogP contribution in [-0.2, 0) is 4.74 Å². The van der Waals surface area contributed by atoms with Gasteiger partial charge in [-0.05, 0) is 36.8 Å². The van der Waals surface area contributed by atoms with Crippen LogP contribution in [0.15, 0.2) is 48.5 Å². The van der Waals surface area contributed by atoms with Gasteiger partial charge in [-0.1, -0.05) is 29.8 Å². The summed E-state index contributed by atoms with van der Waals surface area (Å²) in [5, 5.41) is 6.22. The molecule has 2 aromatic rings. The van der Waals surface area contributed by atoms with Crippen LogP contribution in [-0.4, -0.2) is 25.6 Å². The zero-order valence-electron chi connectivity index (χ0n) is 13.0. The van der Waals surface area contributed by atoms with Crippen molar-refractivity contribution in [3.05, 3.63) is 65.2 Å². The number of benzene rings is 2. The van der Waals surface area contributed by atoms with E-state index in [9.17, 15) is 4.79 Å². The van der Waals surface area contributed by atoms with Crippen molar-refractivity contribution in [1.82, 2.24) is 5.32 Å². The SMILES string of the molecule is Cc1ccc(C(=O)Nc2ccc(C3CNCCO3)cc2)cc1.Cl. The first kappa shape index (κ1) is 17.5. The average molecular weight is 333 g/mol. The van der Waals surface area contributed by atoms with E-state index in [2.05, 4.69) is 10.6 Å². The van der Waals surface area contributed by atoms with Gasteiger partial charge >= 0.3 is 0 Å². The highest BCUT2D eigenvalue weighted by Gasteiger charge is 2.15. The fourth-order valence-corrected chi connectivity index (χ4v) is 2.47. The quantitative estimate of drug-likeness (QED) is 0.906. The fourth-order valence-electron chi connectivity index (χ4n) is 2.47. The molecule has 0 aromatic heterocycles. The number of morpholine rings is 1. The number of carbonyl (C=O) groups excluding carboxylic acids is 1. The summed E-state index contributed by atoms with van der Waals surface area (Å²) in [6.45, 7) is 4.47. The number of aryl methyl sites for hydroxylation is 1. The second-order valence-electron chi connectivity index (χ2n) is 5.51. The van der Waals surface area contributed by atoms with E-state index in [4.69, 9.17) is 4.74 Å². The highest BCUT2D eigenvalue weighted by atomic mass is 35.5. The highest BCUT2D eigenvalue weighted by molar-refractivity contribution is 6.04. The standard InChI is InChI=1S/C18H20N2O2.ClH/c1-13-2-4-15(5-3-13)18(21)20-16-8-6-14(7-9-16)17-12-19-10-11-22-17;/h2-9,17,19H,10-12H2,1H3,(H,20,21);1H. The molecular formula is C18H21ClN2O2. The van der Waals surface area contributed by atoms with Crippen LogP contribution in [0.25, 0.3) is 0 Å². The molecule has 5 heteroatoms. The first-order valence-corrected chi connectivity index (χ1v) is 7.53. The smallest absolute Gasteiger partial charge is 0.255 e. The summed E-state index contributed by atoms with van der Waals surface area (Å²) < 4.78 is 5.72. The van der Waals surface area contributed by atoms with Gasteiger partial charge in [0.1, 0.15) is 0 Å². The lowest BCUT2D eigenvalue weighted by Gasteiger charge is -2.24. The zero-order valence-corrected chi connectivity index (χ0v) is 13.9. The monoisotopic (exact) mass is 332 g/mol. The van der Waals surface area contributed by atoms with Crippen molar-refractivity contribution in [2.75, 3.05) is 25.0 Å². The van der Waals surface area contributed by atoms with Gasteiger partial charge in [0.15, 0.2) is 0 Å². The number of amides is 1. The van der Waals surface area contributed by atoms with E-state index in [1.54, 1.807) is 0 Å². The maximum Gasteiger partial charge on any atom is 0.255 e. The van der Waals surface area contributed by atoms with Crippen molar-refractivity contribution in [2.45, 2.75) is 13.0 Å². The first-order chi connectivity index (χ1) is 10.7.